The molecule has 0 aromatic carbocycles. The predicted octanol–water partition coefficient (Wildman–Crippen LogP) is 2.53. The molecule has 2 aromatic rings. The Morgan fingerprint density at radius 1 is 1.43 bits per heavy atom. The second-order valence-electron chi connectivity index (χ2n) is 5.46. The molecule has 1 aliphatic rings. The summed E-state index contributed by atoms with van der Waals surface area (Å²) in [5.41, 5.74) is 1.19. The summed E-state index contributed by atoms with van der Waals surface area (Å²) in [7, 11) is 0. The maximum atomic E-state index is 5.73. The Hall–Kier alpha value is -1.53. The monoisotopic (exact) mass is 304 g/mol. The fraction of sp³-hybridized carbons (Fsp3) is 0.533. The number of aryl methyl sites for hydroxylation is 1. The van der Waals surface area contributed by atoms with E-state index in [0.717, 1.165) is 24.6 Å². The molecule has 0 aliphatic carbocycles. The molecule has 112 valence electrons. The third-order valence-corrected chi connectivity index (χ3v) is 4.48. The summed E-state index contributed by atoms with van der Waals surface area (Å²) >= 11 is 1.72. The first-order chi connectivity index (χ1) is 10.3. The zero-order valence-electron chi connectivity index (χ0n) is 12.2. The van der Waals surface area contributed by atoms with Crippen molar-refractivity contribution >= 4 is 11.3 Å². The number of thiazole rings is 1. The van der Waals surface area contributed by atoms with Gasteiger partial charge in [0.2, 0.25) is 5.88 Å². The lowest BCUT2D eigenvalue weighted by Gasteiger charge is -2.31. The normalized spacial score (nSPS) is 19.6. The van der Waals surface area contributed by atoms with Gasteiger partial charge in [-0.1, -0.05) is 0 Å². The molecule has 1 aliphatic heterocycles. The van der Waals surface area contributed by atoms with Gasteiger partial charge >= 0.3 is 0 Å². The summed E-state index contributed by atoms with van der Waals surface area (Å²) < 4.78 is 5.73. The van der Waals surface area contributed by atoms with Crippen LogP contribution in [0.4, 0.5) is 0 Å². The van der Waals surface area contributed by atoms with E-state index in [1.54, 1.807) is 29.9 Å². The molecule has 0 bridgehead atoms. The highest BCUT2D eigenvalue weighted by Gasteiger charge is 2.21. The Labute approximate surface area is 129 Å². The van der Waals surface area contributed by atoms with Crippen LogP contribution in [-0.4, -0.2) is 39.5 Å². The number of aromatic nitrogens is 3. The zero-order chi connectivity index (χ0) is 14.5. The Morgan fingerprint density at radius 3 is 3.14 bits per heavy atom. The van der Waals surface area contributed by atoms with Gasteiger partial charge in [-0.3, -0.25) is 9.88 Å². The smallest absolute Gasteiger partial charge is 0.232 e. The van der Waals surface area contributed by atoms with Crippen LogP contribution < -0.4 is 4.74 Å². The molecule has 6 heteroatoms. The molecule has 21 heavy (non-hydrogen) atoms. The molecule has 0 spiro atoms. The molecule has 3 heterocycles. The number of hydrogen-bond acceptors (Lipinski definition) is 6. The molecule has 1 atom stereocenters. The molecular weight excluding hydrogens is 284 g/mol. The van der Waals surface area contributed by atoms with E-state index in [9.17, 15) is 0 Å². The Kier molecular flexibility index (Phi) is 4.77. The highest BCUT2D eigenvalue weighted by Crippen LogP contribution is 2.20. The SMILES string of the molecule is Cc1nc(CN2CCCC(COc3cnccn3)C2)cs1. The lowest BCUT2D eigenvalue weighted by Crippen LogP contribution is -2.37. The van der Waals surface area contributed by atoms with Crippen LogP contribution in [0.25, 0.3) is 0 Å². The highest BCUT2D eigenvalue weighted by atomic mass is 32.1. The third kappa shape index (κ3) is 4.22. The Balaban J connectivity index is 1.49. The van der Waals surface area contributed by atoms with Crippen LogP contribution in [0.2, 0.25) is 0 Å². The summed E-state index contributed by atoms with van der Waals surface area (Å²) in [6.07, 6.45) is 7.42. The standard InChI is InChI=1S/C15H20N4OS/c1-12-18-14(11-21-12)9-19-6-2-3-13(8-19)10-20-15-7-16-4-5-17-15/h4-5,7,11,13H,2-3,6,8-10H2,1H3. The van der Waals surface area contributed by atoms with Crippen molar-refractivity contribution < 1.29 is 4.74 Å². The molecule has 0 radical (unpaired) electrons. The van der Waals surface area contributed by atoms with Gasteiger partial charge in [-0.25, -0.2) is 9.97 Å². The topological polar surface area (TPSA) is 51.1 Å². The van der Waals surface area contributed by atoms with Crippen LogP contribution in [0.15, 0.2) is 24.0 Å². The molecule has 3 rings (SSSR count). The number of rotatable bonds is 5. The summed E-state index contributed by atoms with van der Waals surface area (Å²) in [4.78, 5) is 15.2. The number of likely N-dealkylation sites (tertiary alicyclic amines) is 1. The maximum absolute atomic E-state index is 5.73. The maximum Gasteiger partial charge on any atom is 0.232 e. The molecule has 1 unspecified atom stereocenters. The Bertz CT molecular complexity index is 560. The van der Waals surface area contributed by atoms with E-state index in [1.807, 2.05) is 0 Å². The van der Waals surface area contributed by atoms with E-state index in [1.165, 1.54) is 18.5 Å². The molecular formula is C15H20N4OS. The van der Waals surface area contributed by atoms with Crippen molar-refractivity contribution in [2.24, 2.45) is 5.92 Å². The van der Waals surface area contributed by atoms with Crippen LogP contribution in [0.3, 0.4) is 0 Å². The lowest BCUT2D eigenvalue weighted by molar-refractivity contribution is 0.122. The van der Waals surface area contributed by atoms with Crippen LogP contribution in [0.5, 0.6) is 5.88 Å². The second kappa shape index (κ2) is 6.95. The van der Waals surface area contributed by atoms with Gasteiger partial charge in [0.05, 0.1) is 23.5 Å². The molecule has 1 saturated heterocycles. The quantitative estimate of drug-likeness (QED) is 0.849. The van der Waals surface area contributed by atoms with Crippen LogP contribution in [-0.2, 0) is 6.54 Å². The minimum Gasteiger partial charge on any atom is -0.476 e. The van der Waals surface area contributed by atoms with Gasteiger partial charge in [-0.05, 0) is 26.3 Å². The average Bonchev–Trinajstić information content (AvgIpc) is 2.92. The van der Waals surface area contributed by atoms with Gasteiger partial charge < -0.3 is 4.74 Å². The van der Waals surface area contributed by atoms with Gasteiger partial charge in [0.1, 0.15) is 0 Å². The molecule has 1 fully saturated rings. The minimum atomic E-state index is 0.556. The van der Waals surface area contributed by atoms with E-state index in [-0.39, 0.29) is 0 Å². The van der Waals surface area contributed by atoms with Gasteiger partial charge in [-0.2, -0.15) is 0 Å². The van der Waals surface area contributed by atoms with Crippen LogP contribution in [0.1, 0.15) is 23.5 Å². The lowest BCUT2D eigenvalue weighted by atomic mass is 9.99. The van der Waals surface area contributed by atoms with Crippen molar-refractivity contribution in [3.05, 3.63) is 34.7 Å². The van der Waals surface area contributed by atoms with Crippen molar-refractivity contribution in [2.75, 3.05) is 19.7 Å². The van der Waals surface area contributed by atoms with Gasteiger partial charge in [0, 0.05) is 36.8 Å². The molecule has 0 amide bonds. The van der Waals surface area contributed by atoms with Gasteiger partial charge in [-0.15, -0.1) is 11.3 Å². The van der Waals surface area contributed by atoms with Gasteiger partial charge in [0.25, 0.3) is 0 Å². The second-order valence-corrected chi connectivity index (χ2v) is 6.52. The molecule has 5 nitrogen and oxygen atoms in total. The predicted molar refractivity (Wildman–Crippen MR) is 82.4 cm³/mol. The van der Waals surface area contributed by atoms with Gasteiger partial charge in [0.15, 0.2) is 0 Å². The summed E-state index contributed by atoms with van der Waals surface area (Å²) in [6, 6.07) is 0. The number of piperidine rings is 1. The van der Waals surface area contributed by atoms with E-state index in [2.05, 4.69) is 32.2 Å². The molecule has 0 saturated carbocycles. The fourth-order valence-corrected chi connectivity index (χ4v) is 3.31. The zero-order valence-corrected chi connectivity index (χ0v) is 13.1. The number of nitrogens with zero attached hydrogens (tertiary/aromatic N) is 4. The first-order valence-corrected chi connectivity index (χ1v) is 8.20. The van der Waals surface area contributed by atoms with E-state index >= 15 is 0 Å². The summed E-state index contributed by atoms with van der Waals surface area (Å²) in [6.45, 7) is 5.94. The number of hydrogen-bond donors (Lipinski definition) is 0. The van der Waals surface area contributed by atoms with Crippen molar-refractivity contribution in [2.45, 2.75) is 26.3 Å². The molecule has 2 aromatic heterocycles. The summed E-state index contributed by atoms with van der Waals surface area (Å²) in [5.74, 6) is 1.17. The van der Waals surface area contributed by atoms with Crippen molar-refractivity contribution in [3.8, 4) is 5.88 Å². The fourth-order valence-electron chi connectivity index (χ4n) is 2.70. The first-order valence-electron chi connectivity index (χ1n) is 7.32. The summed E-state index contributed by atoms with van der Waals surface area (Å²) in [5, 5.41) is 3.30. The van der Waals surface area contributed by atoms with E-state index in [4.69, 9.17) is 4.74 Å². The average molecular weight is 304 g/mol. The van der Waals surface area contributed by atoms with Crippen LogP contribution >= 0.6 is 11.3 Å². The van der Waals surface area contributed by atoms with Crippen molar-refractivity contribution in [1.82, 2.24) is 19.9 Å². The van der Waals surface area contributed by atoms with Crippen molar-refractivity contribution in [3.63, 3.8) is 0 Å². The van der Waals surface area contributed by atoms with E-state index < -0.39 is 0 Å². The van der Waals surface area contributed by atoms with Crippen molar-refractivity contribution in [1.29, 1.82) is 0 Å². The van der Waals surface area contributed by atoms with Crippen LogP contribution in [0, 0.1) is 12.8 Å². The van der Waals surface area contributed by atoms with E-state index in [0.29, 0.717) is 18.4 Å². The first kappa shape index (κ1) is 14.4. The largest absolute Gasteiger partial charge is 0.476 e. The minimum absolute atomic E-state index is 0.556. The number of ether oxygens (including phenoxy) is 1. The molecule has 0 N–H and O–H groups in total. The highest BCUT2D eigenvalue weighted by molar-refractivity contribution is 7.09. The third-order valence-electron chi connectivity index (χ3n) is 3.66. The Morgan fingerprint density at radius 2 is 2.38 bits per heavy atom.